The van der Waals surface area contributed by atoms with Crippen LogP contribution in [0.1, 0.15) is 22.8 Å². The molecular formula is C14H11ClF3NO. The average molecular weight is 302 g/mol. The molecule has 2 aromatic rings. The first-order chi connectivity index (χ1) is 9.30. The molecular weight excluding hydrogens is 291 g/mol. The predicted molar refractivity (Wildman–Crippen MR) is 71.4 cm³/mol. The minimum absolute atomic E-state index is 0.147. The molecule has 2 rings (SSSR count). The van der Waals surface area contributed by atoms with Gasteiger partial charge in [0.15, 0.2) is 0 Å². The highest BCUT2D eigenvalue weighted by molar-refractivity contribution is 6.30. The lowest BCUT2D eigenvalue weighted by molar-refractivity contribution is -0.139. The van der Waals surface area contributed by atoms with Gasteiger partial charge in [0.25, 0.3) is 0 Å². The summed E-state index contributed by atoms with van der Waals surface area (Å²) < 4.78 is 38.8. The van der Waals surface area contributed by atoms with Crippen LogP contribution in [-0.2, 0) is 6.18 Å². The third kappa shape index (κ3) is 2.89. The number of benzene rings is 2. The number of rotatable bonds is 2. The van der Waals surface area contributed by atoms with E-state index < -0.39 is 17.8 Å². The Bertz CT molecular complexity index is 628. The third-order valence-corrected chi connectivity index (χ3v) is 3.14. The summed E-state index contributed by atoms with van der Waals surface area (Å²) in [7, 11) is 0. The number of hydrogen-bond acceptors (Lipinski definition) is 2. The van der Waals surface area contributed by atoms with Crippen LogP contribution in [-0.4, -0.2) is 5.11 Å². The van der Waals surface area contributed by atoms with Crippen molar-refractivity contribution < 1.29 is 18.3 Å². The maximum atomic E-state index is 12.9. The molecule has 0 saturated heterocycles. The molecule has 2 nitrogen and oxygen atoms in total. The van der Waals surface area contributed by atoms with E-state index in [-0.39, 0.29) is 21.8 Å². The maximum Gasteiger partial charge on any atom is 0.416 e. The highest BCUT2D eigenvalue weighted by Gasteiger charge is 2.35. The van der Waals surface area contributed by atoms with Crippen molar-refractivity contribution in [3.63, 3.8) is 0 Å². The van der Waals surface area contributed by atoms with Gasteiger partial charge in [-0.1, -0.05) is 29.8 Å². The molecule has 0 fully saturated rings. The zero-order valence-corrected chi connectivity index (χ0v) is 10.9. The van der Waals surface area contributed by atoms with Gasteiger partial charge < -0.3 is 10.8 Å². The number of hydrogen-bond donors (Lipinski definition) is 2. The van der Waals surface area contributed by atoms with Crippen molar-refractivity contribution in [2.24, 2.45) is 0 Å². The van der Waals surface area contributed by atoms with Gasteiger partial charge in [-0.2, -0.15) is 13.2 Å². The molecule has 0 aliphatic carbocycles. The largest absolute Gasteiger partial charge is 0.416 e. The summed E-state index contributed by atoms with van der Waals surface area (Å²) >= 11 is 5.79. The van der Waals surface area contributed by atoms with Crippen LogP contribution in [0.4, 0.5) is 18.9 Å². The molecule has 106 valence electrons. The SMILES string of the molecule is Nc1ccc(Cl)cc1C(O)c1ccccc1C(F)(F)F. The van der Waals surface area contributed by atoms with E-state index in [4.69, 9.17) is 17.3 Å². The summed E-state index contributed by atoms with van der Waals surface area (Å²) in [5, 5.41) is 10.5. The van der Waals surface area contributed by atoms with Crippen LogP contribution in [0.2, 0.25) is 5.02 Å². The predicted octanol–water partition coefficient (Wildman–Crippen LogP) is 4.02. The molecule has 0 spiro atoms. The second kappa shape index (κ2) is 5.34. The molecule has 0 aromatic heterocycles. The van der Waals surface area contributed by atoms with Crippen molar-refractivity contribution in [3.8, 4) is 0 Å². The Morgan fingerprint density at radius 3 is 2.35 bits per heavy atom. The molecule has 0 amide bonds. The molecule has 2 aromatic carbocycles. The van der Waals surface area contributed by atoms with Gasteiger partial charge in [-0.15, -0.1) is 0 Å². The minimum atomic E-state index is -4.55. The van der Waals surface area contributed by atoms with Crippen LogP contribution in [0, 0.1) is 0 Å². The zero-order valence-electron chi connectivity index (χ0n) is 10.2. The Balaban J connectivity index is 2.54. The highest BCUT2D eigenvalue weighted by atomic mass is 35.5. The van der Waals surface area contributed by atoms with E-state index in [0.717, 1.165) is 6.07 Å². The minimum Gasteiger partial charge on any atom is -0.398 e. The monoisotopic (exact) mass is 301 g/mol. The molecule has 0 bridgehead atoms. The summed E-state index contributed by atoms with van der Waals surface area (Å²) in [5.74, 6) is 0. The van der Waals surface area contributed by atoms with Crippen LogP contribution in [0.5, 0.6) is 0 Å². The van der Waals surface area contributed by atoms with Gasteiger partial charge in [-0.25, -0.2) is 0 Å². The Labute approximate surface area is 118 Å². The fourth-order valence-corrected chi connectivity index (χ4v) is 2.12. The number of nitrogens with two attached hydrogens (primary N) is 1. The number of aliphatic hydroxyl groups excluding tert-OH is 1. The fourth-order valence-electron chi connectivity index (χ4n) is 1.94. The standard InChI is InChI=1S/C14H11ClF3NO/c15-8-5-6-12(19)10(7-8)13(20)9-3-1-2-4-11(9)14(16,17)18/h1-7,13,20H,19H2. The van der Waals surface area contributed by atoms with E-state index in [0.29, 0.717) is 0 Å². The van der Waals surface area contributed by atoms with Crippen LogP contribution >= 0.6 is 11.6 Å². The van der Waals surface area contributed by atoms with Gasteiger partial charge in [0.1, 0.15) is 6.10 Å². The van der Waals surface area contributed by atoms with Crippen LogP contribution in [0.3, 0.4) is 0 Å². The van der Waals surface area contributed by atoms with E-state index in [1.165, 1.54) is 36.4 Å². The Hall–Kier alpha value is -1.72. The molecule has 1 unspecified atom stereocenters. The molecule has 0 aliphatic heterocycles. The lowest BCUT2D eigenvalue weighted by Gasteiger charge is -2.19. The van der Waals surface area contributed by atoms with Gasteiger partial charge in [-0.05, 0) is 29.8 Å². The van der Waals surface area contributed by atoms with Gasteiger partial charge in [0, 0.05) is 16.3 Å². The van der Waals surface area contributed by atoms with Crippen molar-refractivity contribution in [1.29, 1.82) is 0 Å². The maximum absolute atomic E-state index is 12.9. The first-order valence-corrected chi connectivity index (χ1v) is 6.07. The van der Waals surface area contributed by atoms with Crippen molar-refractivity contribution in [3.05, 3.63) is 64.2 Å². The van der Waals surface area contributed by atoms with Gasteiger partial charge in [0.2, 0.25) is 0 Å². The number of nitrogen functional groups attached to an aromatic ring is 1. The van der Waals surface area contributed by atoms with Gasteiger partial charge >= 0.3 is 6.18 Å². The van der Waals surface area contributed by atoms with E-state index in [9.17, 15) is 18.3 Å². The topological polar surface area (TPSA) is 46.2 Å². The average Bonchev–Trinajstić information content (AvgIpc) is 2.40. The van der Waals surface area contributed by atoms with Gasteiger partial charge in [-0.3, -0.25) is 0 Å². The smallest absolute Gasteiger partial charge is 0.398 e. The quantitative estimate of drug-likeness (QED) is 0.823. The summed E-state index contributed by atoms with van der Waals surface area (Å²) in [6, 6.07) is 9.12. The van der Waals surface area contributed by atoms with Crippen molar-refractivity contribution in [1.82, 2.24) is 0 Å². The molecule has 0 radical (unpaired) electrons. The number of anilines is 1. The normalized spacial score (nSPS) is 13.2. The van der Waals surface area contributed by atoms with E-state index in [2.05, 4.69) is 0 Å². The number of alkyl halides is 3. The van der Waals surface area contributed by atoms with Crippen molar-refractivity contribution >= 4 is 17.3 Å². The zero-order chi connectivity index (χ0) is 14.9. The van der Waals surface area contributed by atoms with Gasteiger partial charge in [0.05, 0.1) is 5.56 Å². The lowest BCUT2D eigenvalue weighted by Crippen LogP contribution is -2.13. The number of aliphatic hydroxyl groups is 1. The molecule has 6 heteroatoms. The first kappa shape index (κ1) is 14.7. The van der Waals surface area contributed by atoms with Crippen LogP contribution in [0.25, 0.3) is 0 Å². The van der Waals surface area contributed by atoms with Crippen molar-refractivity contribution in [2.75, 3.05) is 5.73 Å². The number of halogens is 4. The Morgan fingerprint density at radius 1 is 1.05 bits per heavy atom. The molecule has 1 atom stereocenters. The van der Waals surface area contributed by atoms with E-state index in [1.807, 2.05) is 0 Å². The van der Waals surface area contributed by atoms with Crippen LogP contribution < -0.4 is 5.73 Å². The Kier molecular flexibility index (Phi) is 3.92. The molecule has 0 heterocycles. The second-order valence-electron chi connectivity index (χ2n) is 4.26. The molecule has 0 saturated carbocycles. The third-order valence-electron chi connectivity index (χ3n) is 2.90. The summed E-state index contributed by atoms with van der Waals surface area (Å²) in [6.45, 7) is 0. The Morgan fingerprint density at radius 2 is 1.70 bits per heavy atom. The summed E-state index contributed by atoms with van der Waals surface area (Å²) in [4.78, 5) is 0. The molecule has 3 N–H and O–H groups in total. The lowest BCUT2D eigenvalue weighted by atomic mass is 9.95. The summed E-state index contributed by atoms with van der Waals surface area (Å²) in [5.41, 5.74) is 4.86. The van der Waals surface area contributed by atoms with Crippen LogP contribution in [0.15, 0.2) is 42.5 Å². The molecule has 0 aliphatic rings. The van der Waals surface area contributed by atoms with E-state index in [1.54, 1.807) is 0 Å². The first-order valence-electron chi connectivity index (χ1n) is 5.70. The van der Waals surface area contributed by atoms with E-state index >= 15 is 0 Å². The molecule has 20 heavy (non-hydrogen) atoms. The highest BCUT2D eigenvalue weighted by Crippen LogP contribution is 2.38. The summed E-state index contributed by atoms with van der Waals surface area (Å²) in [6.07, 6.45) is -6.04. The fraction of sp³-hybridized carbons (Fsp3) is 0.143. The van der Waals surface area contributed by atoms with Crippen molar-refractivity contribution in [2.45, 2.75) is 12.3 Å². The second-order valence-corrected chi connectivity index (χ2v) is 4.70.